The van der Waals surface area contributed by atoms with Crippen molar-refractivity contribution in [2.24, 2.45) is 0 Å². The molecule has 0 spiro atoms. The topological polar surface area (TPSA) is 50.8 Å². The van der Waals surface area contributed by atoms with Gasteiger partial charge in [0, 0.05) is 12.3 Å². The van der Waals surface area contributed by atoms with Gasteiger partial charge in [-0.3, -0.25) is 4.98 Å². The smallest absolute Gasteiger partial charge is 0.150 e. The SMILES string of the molecule is COc1ccc2nc(-c3cncs3)[nH]c2c1. The fraction of sp³-hybridized carbons (Fsp3) is 0.0909. The van der Waals surface area contributed by atoms with E-state index in [1.165, 1.54) is 0 Å². The highest BCUT2D eigenvalue weighted by Crippen LogP contribution is 2.25. The van der Waals surface area contributed by atoms with Gasteiger partial charge in [0.1, 0.15) is 11.6 Å². The number of thiazole rings is 1. The van der Waals surface area contributed by atoms with Crippen LogP contribution in [0.3, 0.4) is 0 Å². The predicted octanol–water partition coefficient (Wildman–Crippen LogP) is 2.70. The van der Waals surface area contributed by atoms with Gasteiger partial charge in [-0.15, -0.1) is 11.3 Å². The molecule has 3 aromatic rings. The maximum absolute atomic E-state index is 5.16. The fourth-order valence-electron chi connectivity index (χ4n) is 1.57. The Morgan fingerprint density at radius 3 is 3.06 bits per heavy atom. The van der Waals surface area contributed by atoms with E-state index < -0.39 is 0 Å². The van der Waals surface area contributed by atoms with Gasteiger partial charge in [-0.1, -0.05) is 0 Å². The molecule has 5 heteroatoms. The lowest BCUT2D eigenvalue weighted by atomic mass is 10.3. The first kappa shape index (κ1) is 9.35. The van der Waals surface area contributed by atoms with Gasteiger partial charge in [0.05, 0.1) is 28.5 Å². The van der Waals surface area contributed by atoms with Gasteiger partial charge >= 0.3 is 0 Å². The lowest BCUT2D eigenvalue weighted by Gasteiger charge is -1.96. The van der Waals surface area contributed by atoms with Gasteiger partial charge in [-0.25, -0.2) is 4.98 Å². The fourth-order valence-corrected chi connectivity index (χ4v) is 2.13. The minimum Gasteiger partial charge on any atom is -0.497 e. The first-order valence-electron chi connectivity index (χ1n) is 4.79. The first-order valence-corrected chi connectivity index (χ1v) is 5.67. The Hall–Kier alpha value is -1.88. The van der Waals surface area contributed by atoms with E-state index in [2.05, 4.69) is 15.0 Å². The van der Waals surface area contributed by atoms with Gasteiger partial charge in [0.2, 0.25) is 0 Å². The number of aromatic amines is 1. The number of ether oxygens (including phenoxy) is 1. The van der Waals surface area contributed by atoms with Gasteiger partial charge < -0.3 is 9.72 Å². The molecule has 0 unspecified atom stereocenters. The van der Waals surface area contributed by atoms with Crippen molar-refractivity contribution < 1.29 is 4.74 Å². The van der Waals surface area contributed by atoms with Crippen LogP contribution < -0.4 is 4.74 Å². The van der Waals surface area contributed by atoms with Gasteiger partial charge in [-0.2, -0.15) is 0 Å². The standard InChI is InChI=1S/C11H9N3OS/c1-15-7-2-3-8-9(4-7)14-11(13-8)10-5-12-6-16-10/h2-6H,1H3,(H,13,14). The van der Waals surface area contributed by atoms with Crippen LogP contribution in [-0.4, -0.2) is 22.1 Å². The third kappa shape index (κ3) is 1.45. The Labute approximate surface area is 95.9 Å². The van der Waals surface area contributed by atoms with Crippen molar-refractivity contribution >= 4 is 22.4 Å². The highest BCUT2D eigenvalue weighted by atomic mass is 32.1. The van der Waals surface area contributed by atoms with Crippen molar-refractivity contribution in [3.8, 4) is 16.5 Å². The molecule has 3 rings (SSSR count). The molecule has 0 aliphatic carbocycles. The van der Waals surface area contributed by atoms with Crippen LogP contribution >= 0.6 is 11.3 Å². The van der Waals surface area contributed by atoms with E-state index >= 15 is 0 Å². The van der Waals surface area contributed by atoms with Crippen molar-refractivity contribution in [2.75, 3.05) is 7.11 Å². The molecule has 0 radical (unpaired) electrons. The lowest BCUT2D eigenvalue weighted by molar-refractivity contribution is 0.415. The summed E-state index contributed by atoms with van der Waals surface area (Å²) in [4.78, 5) is 12.8. The lowest BCUT2D eigenvalue weighted by Crippen LogP contribution is -1.81. The summed E-state index contributed by atoms with van der Waals surface area (Å²) in [6.45, 7) is 0. The summed E-state index contributed by atoms with van der Waals surface area (Å²) in [6.07, 6.45) is 1.81. The highest BCUT2D eigenvalue weighted by Gasteiger charge is 2.06. The average Bonchev–Trinajstić information content (AvgIpc) is 2.96. The Morgan fingerprint density at radius 2 is 2.31 bits per heavy atom. The number of aromatic nitrogens is 3. The molecular weight excluding hydrogens is 222 g/mol. The van der Waals surface area contributed by atoms with Crippen molar-refractivity contribution in [3.63, 3.8) is 0 Å². The van der Waals surface area contributed by atoms with Crippen molar-refractivity contribution in [2.45, 2.75) is 0 Å². The summed E-state index contributed by atoms with van der Waals surface area (Å²) in [6, 6.07) is 5.78. The summed E-state index contributed by atoms with van der Waals surface area (Å²) in [5.74, 6) is 1.68. The monoisotopic (exact) mass is 231 g/mol. The van der Waals surface area contributed by atoms with Crippen LogP contribution in [0.5, 0.6) is 5.75 Å². The molecule has 0 saturated heterocycles. The summed E-state index contributed by atoms with van der Waals surface area (Å²) in [5, 5.41) is 0. The van der Waals surface area contributed by atoms with E-state index in [-0.39, 0.29) is 0 Å². The van der Waals surface area contributed by atoms with Crippen LogP contribution in [0.4, 0.5) is 0 Å². The third-order valence-corrected chi connectivity index (χ3v) is 3.13. The number of nitrogens with one attached hydrogen (secondary N) is 1. The van der Waals surface area contributed by atoms with E-state index in [0.29, 0.717) is 0 Å². The molecule has 0 atom stereocenters. The van der Waals surface area contributed by atoms with Crippen LogP contribution in [0.1, 0.15) is 0 Å². The molecule has 16 heavy (non-hydrogen) atoms. The zero-order valence-corrected chi connectivity index (χ0v) is 9.41. The van der Waals surface area contributed by atoms with Crippen molar-refractivity contribution in [1.82, 2.24) is 15.0 Å². The van der Waals surface area contributed by atoms with Crippen molar-refractivity contribution in [1.29, 1.82) is 0 Å². The highest BCUT2D eigenvalue weighted by molar-refractivity contribution is 7.13. The number of benzene rings is 1. The first-order chi connectivity index (χ1) is 7.86. The van der Waals surface area contributed by atoms with Gasteiger partial charge in [0.25, 0.3) is 0 Å². The van der Waals surface area contributed by atoms with Crippen molar-refractivity contribution in [3.05, 3.63) is 29.9 Å². The van der Waals surface area contributed by atoms with Crippen LogP contribution in [0.15, 0.2) is 29.9 Å². The molecule has 80 valence electrons. The zero-order valence-electron chi connectivity index (χ0n) is 8.60. The van der Waals surface area contributed by atoms with E-state index in [0.717, 1.165) is 27.5 Å². The molecule has 0 bridgehead atoms. The summed E-state index contributed by atoms with van der Waals surface area (Å²) >= 11 is 1.57. The minimum absolute atomic E-state index is 0.826. The minimum atomic E-state index is 0.826. The number of hydrogen-bond acceptors (Lipinski definition) is 4. The maximum atomic E-state index is 5.16. The van der Waals surface area contributed by atoms with Gasteiger partial charge in [-0.05, 0) is 12.1 Å². The molecule has 2 heterocycles. The number of nitrogens with zero attached hydrogens (tertiary/aromatic N) is 2. The largest absolute Gasteiger partial charge is 0.497 e. The number of rotatable bonds is 2. The Morgan fingerprint density at radius 1 is 1.38 bits per heavy atom. The molecule has 0 fully saturated rings. The average molecular weight is 231 g/mol. The molecular formula is C11H9N3OS. The number of imidazole rings is 1. The normalized spacial score (nSPS) is 10.8. The summed E-state index contributed by atoms with van der Waals surface area (Å²) in [5.41, 5.74) is 3.70. The molecule has 1 N–H and O–H groups in total. The molecule has 0 saturated carbocycles. The third-order valence-electron chi connectivity index (χ3n) is 2.35. The maximum Gasteiger partial charge on any atom is 0.150 e. The van der Waals surface area contributed by atoms with E-state index in [1.807, 2.05) is 18.2 Å². The van der Waals surface area contributed by atoms with E-state index in [4.69, 9.17) is 4.74 Å². The molecule has 1 aromatic carbocycles. The molecule has 0 amide bonds. The van der Waals surface area contributed by atoms with Crippen LogP contribution in [0.2, 0.25) is 0 Å². The molecule has 0 aliphatic heterocycles. The number of hydrogen-bond donors (Lipinski definition) is 1. The second kappa shape index (κ2) is 3.61. The Kier molecular flexibility index (Phi) is 2.11. The predicted molar refractivity (Wildman–Crippen MR) is 63.8 cm³/mol. The second-order valence-electron chi connectivity index (χ2n) is 3.33. The van der Waals surface area contributed by atoms with Gasteiger partial charge in [0.15, 0.2) is 0 Å². The second-order valence-corrected chi connectivity index (χ2v) is 4.22. The summed E-state index contributed by atoms with van der Waals surface area (Å²) in [7, 11) is 1.65. The van der Waals surface area contributed by atoms with E-state index in [1.54, 1.807) is 30.2 Å². The zero-order chi connectivity index (χ0) is 11.0. The van der Waals surface area contributed by atoms with Crippen LogP contribution in [0, 0.1) is 0 Å². The quantitative estimate of drug-likeness (QED) is 0.737. The molecule has 2 aromatic heterocycles. The number of H-pyrrole nitrogens is 1. The summed E-state index contributed by atoms with van der Waals surface area (Å²) < 4.78 is 5.16. The van der Waals surface area contributed by atoms with E-state index in [9.17, 15) is 0 Å². The number of methoxy groups -OCH3 is 1. The molecule has 0 aliphatic rings. The Balaban J connectivity index is 2.16. The van der Waals surface area contributed by atoms with Crippen LogP contribution in [0.25, 0.3) is 21.7 Å². The molecule has 4 nitrogen and oxygen atoms in total. The Bertz CT molecular complexity index is 615. The number of fused-ring (bicyclic) bond motifs is 1. The van der Waals surface area contributed by atoms with Crippen LogP contribution in [-0.2, 0) is 0 Å².